The maximum Gasteiger partial charge on any atom is 0.332 e. The molecule has 0 aliphatic carbocycles. The van der Waals surface area contributed by atoms with Crippen LogP contribution in [0, 0.1) is 0 Å². The van der Waals surface area contributed by atoms with Crippen LogP contribution in [0.2, 0.25) is 0 Å². The van der Waals surface area contributed by atoms with E-state index in [0.29, 0.717) is 43.2 Å². The molecule has 4 aromatic rings. The minimum absolute atomic E-state index is 0.0675. The molecule has 2 aromatic carbocycles. The molecular formula is C28H34N6O2. The average molecular weight is 487 g/mol. The van der Waals surface area contributed by atoms with E-state index in [0.717, 1.165) is 35.9 Å². The maximum absolute atomic E-state index is 13.8. The number of aryl methyl sites for hydroxylation is 2. The lowest BCUT2D eigenvalue weighted by molar-refractivity contribution is 0.495. The maximum atomic E-state index is 13.8. The lowest BCUT2D eigenvalue weighted by Gasteiger charge is -2.31. The molecule has 0 spiro atoms. The molecule has 1 saturated heterocycles. The number of rotatable bonds is 6. The fourth-order valence-electron chi connectivity index (χ4n) is 5.07. The number of nitrogens with zero attached hydrogens (tertiary/aromatic N) is 5. The van der Waals surface area contributed by atoms with Crippen molar-refractivity contribution in [2.75, 3.05) is 18.0 Å². The van der Waals surface area contributed by atoms with Gasteiger partial charge in [0.05, 0.1) is 0 Å². The molecule has 8 nitrogen and oxygen atoms in total. The Morgan fingerprint density at radius 2 is 1.89 bits per heavy atom. The topological polar surface area (TPSA) is 91.1 Å². The molecule has 188 valence electrons. The van der Waals surface area contributed by atoms with Crippen LogP contribution >= 0.6 is 0 Å². The third kappa shape index (κ3) is 4.48. The second-order valence-corrected chi connectivity index (χ2v) is 10.1. The highest BCUT2D eigenvalue weighted by atomic mass is 16.2. The molecule has 0 radical (unpaired) electrons. The van der Waals surface area contributed by atoms with Crippen LogP contribution in [-0.2, 0) is 26.6 Å². The zero-order valence-corrected chi connectivity index (χ0v) is 21.3. The lowest BCUT2D eigenvalue weighted by atomic mass is 10.1. The van der Waals surface area contributed by atoms with Crippen LogP contribution in [0.1, 0.15) is 32.3 Å². The molecule has 8 heteroatoms. The normalized spacial score (nSPS) is 16.1. The highest BCUT2D eigenvalue weighted by molar-refractivity contribution is 5.83. The van der Waals surface area contributed by atoms with Gasteiger partial charge in [0.1, 0.15) is 0 Å². The Hall–Kier alpha value is -3.65. The summed E-state index contributed by atoms with van der Waals surface area (Å²) in [7, 11) is 1.70. The first-order valence-electron chi connectivity index (χ1n) is 12.6. The van der Waals surface area contributed by atoms with Gasteiger partial charge in [-0.15, -0.1) is 0 Å². The minimum atomic E-state index is -0.345. The van der Waals surface area contributed by atoms with Crippen molar-refractivity contribution >= 4 is 27.9 Å². The average Bonchev–Trinajstić information content (AvgIpc) is 3.26. The molecule has 1 atom stereocenters. The fourth-order valence-corrected chi connectivity index (χ4v) is 5.07. The zero-order valence-electron chi connectivity index (χ0n) is 21.3. The summed E-state index contributed by atoms with van der Waals surface area (Å²) in [6.07, 6.45) is 4.62. The number of hydrogen-bond donors (Lipinski definition) is 1. The molecule has 1 unspecified atom stereocenters. The first kappa shape index (κ1) is 24.1. The largest absolute Gasteiger partial charge is 0.341 e. The molecule has 36 heavy (non-hydrogen) atoms. The Labute approximate surface area is 210 Å². The Morgan fingerprint density at radius 1 is 1.11 bits per heavy atom. The van der Waals surface area contributed by atoms with Crippen LogP contribution in [0.4, 0.5) is 5.95 Å². The van der Waals surface area contributed by atoms with Crippen LogP contribution < -0.4 is 21.9 Å². The van der Waals surface area contributed by atoms with Gasteiger partial charge in [-0.3, -0.25) is 13.9 Å². The predicted octanol–water partition coefficient (Wildman–Crippen LogP) is 3.19. The predicted molar refractivity (Wildman–Crippen MR) is 146 cm³/mol. The van der Waals surface area contributed by atoms with E-state index in [4.69, 9.17) is 10.7 Å². The van der Waals surface area contributed by atoms with Gasteiger partial charge in [0.15, 0.2) is 11.2 Å². The number of benzene rings is 2. The van der Waals surface area contributed by atoms with Crippen LogP contribution in [0.5, 0.6) is 0 Å². The van der Waals surface area contributed by atoms with E-state index in [9.17, 15) is 9.59 Å². The van der Waals surface area contributed by atoms with E-state index in [-0.39, 0.29) is 17.3 Å². The minimum Gasteiger partial charge on any atom is -0.341 e. The van der Waals surface area contributed by atoms with Gasteiger partial charge in [0.2, 0.25) is 5.95 Å². The van der Waals surface area contributed by atoms with Gasteiger partial charge in [-0.05, 0) is 49.4 Å². The van der Waals surface area contributed by atoms with Gasteiger partial charge < -0.3 is 15.2 Å². The van der Waals surface area contributed by atoms with Gasteiger partial charge >= 0.3 is 5.69 Å². The van der Waals surface area contributed by atoms with Crippen molar-refractivity contribution in [3.8, 4) is 0 Å². The van der Waals surface area contributed by atoms with E-state index < -0.39 is 0 Å². The summed E-state index contributed by atoms with van der Waals surface area (Å²) < 4.78 is 4.81. The van der Waals surface area contributed by atoms with E-state index in [1.54, 1.807) is 7.05 Å². The molecular weight excluding hydrogens is 452 g/mol. The van der Waals surface area contributed by atoms with Crippen molar-refractivity contribution in [1.29, 1.82) is 0 Å². The number of fused-ring (bicyclic) bond motifs is 2. The number of imidazole rings is 1. The van der Waals surface area contributed by atoms with Crippen molar-refractivity contribution in [3.05, 3.63) is 80.5 Å². The Kier molecular flexibility index (Phi) is 6.53. The standard InChI is InChI=1S/C28H34N6O2/c1-19(2)12-15-33-24-25(30-27(33)32-14-6-9-23(29)18-32)31(3)28(36)34(26(24)35)16-13-20-10-11-21-7-4-5-8-22(21)17-20/h4-5,7-8,10-12,17,23H,6,9,13-16,18,29H2,1-3H3. The summed E-state index contributed by atoms with van der Waals surface area (Å²) in [5.41, 5.74) is 8.73. The van der Waals surface area contributed by atoms with Gasteiger partial charge in [0.25, 0.3) is 5.56 Å². The van der Waals surface area contributed by atoms with Crippen LogP contribution in [0.3, 0.4) is 0 Å². The smallest absolute Gasteiger partial charge is 0.332 e. The SMILES string of the molecule is CC(C)=CCn1c(N2CCCC(N)C2)nc2c1c(=O)n(CCc1ccc3ccccc3c1)c(=O)n2C. The summed E-state index contributed by atoms with van der Waals surface area (Å²) in [4.78, 5) is 34.0. The zero-order chi connectivity index (χ0) is 25.4. The Morgan fingerprint density at radius 3 is 2.64 bits per heavy atom. The van der Waals surface area contributed by atoms with E-state index in [1.165, 1.54) is 14.5 Å². The summed E-state index contributed by atoms with van der Waals surface area (Å²) in [6, 6.07) is 14.5. The first-order chi connectivity index (χ1) is 17.3. The molecule has 2 N–H and O–H groups in total. The summed E-state index contributed by atoms with van der Waals surface area (Å²) in [5, 5.41) is 2.32. The van der Waals surface area contributed by atoms with E-state index in [1.807, 2.05) is 30.5 Å². The number of anilines is 1. The van der Waals surface area contributed by atoms with Crippen molar-refractivity contribution in [2.45, 2.75) is 52.2 Å². The molecule has 1 aliphatic heterocycles. The van der Waals surface area contributed by atoms with Crippen molar-refractivity contribution < 1.29 is 0 Å². The molecule has 1 fully saturated rings. The molecule has 5 rings (SSSR count). The summed E-state index contributed by atoms with van der Waals surface area (Å²) in [5.74, 6) is 0.706. The van der Waals surface area contributed by atoms with Gasteiger partial charge in [-0.25, -0.2) is 4.79 Å². The highest BCUT2D eigenvalue weighted by Gasteiger charge is 2.26. The Bertz CT molecular complexity index is 1570. The first-order valence-corrected chi connectivity index (χ1v) is 12.6. The van der Waals surface area contributed by atoms with Crippen LogP contribution in [0.15, 0.2) is 63.7 Å². The molecule has 2 aromatic heterocycles. The van der Waals surface area contributed by atoms with Crippen molar-refractivity contribution in [2.24, 2.45) is 12.8 Å². The quantitative estimate of drug-likeness (QED) is 0.423. The number of nitrogens with two attached hydrogens (primary N) is 1. The molecule has 3 heterocycles. The monoisotopic (exact) mass is 486 g/mol. The van der Waals surface area contributed by atoms with Crippen molar-refractivity contribution in [1.82, 2.24) is 18.7 Å². The number of aromatic nitrogens is 4. The fraction of sp³-hybridized carbons (Fsp3) is 0.393. The third-order valence-electron chi connectivity index (χ3n) is 7.07. The van der Waals surface area contributed by atoms with Gasteiger partial charge in [-0.2, -0.15) is 4.98 Å². The van der Waals surface area contributed by atoms with Gasteiger partial charge in [-0.1, -0.05) is 54.1 Å². The number of allylic oxidation sites excluding steroid dienone is 2. The highest BCUT2D eigenvalue weighted by Crippen LogP contribution is 2.23. The second kappa shape index (κ2) is 9.78. The third-order valence-corrected chi connectivity index (χ3v) is 7.07. The van der Waals surface area contributed by atoms with Crippen LogP contribution in [-0.4, -0.2) is 37.8 Å². The molecule has 1 aliphatic rings. The summed E-state index contributed by atoms with van der Waals surface area (Å²) in [6.45, 7) is 6.40. The number of piperidine rings is 1. The molecule has 0 amide bonds. The lowest BCUT2D eigenvalue weighted by Crippen LogP contribution is -2.44. The number of hydrogen-bond acceptors (Lipinski definition) is 5. The van der Waals surface area contributed by atoms with Crippen LogP contribution in [0.25, 0.3) is 21.9 Å². The van der Waals surface area contributed by atoms with Gasteiger partial charge in [0, 0.05) is 39.3 Å². The van der Waals surface area contributed by atoms with E-state index in [2.05, 4.69) is 41.3 Å². The Balaban J connectivity index is 1.58. The molecule has 0 bridgehead atoms. The second-order valence-electron chi connectivity index (χ2n) is 10.1. The van der Waals surface area contributed by atoms with Crippen molar-refractivity contribution in [3.63, 3.8) is 0 Å². The molecule has 0 saturated carbocycles. The van der Waals surface area contributed by atoms with E-state index >= 15 is 0 Å². The summed E-state index contributed by atoms with van der Waals surface area (Å²) >= 11 is 0.